The Balaban J connectivity index is 3.33. The summed E-state index contributed by atoms with van der Waals surface area (Å²) in [5.74, 6) is 0.0159. The minimum Gasteiger partial charge on any atom is -0.378 e. The minimum absolute atomic E-state index is 0.0159. The molecule has 5 heteroatoms. The van der Waals surface area contributed by atoms with Gasteiger partial charge in [-0.3, -0.25) is 4.79 Å². The number of amides is 1. The smallest absolute Gasteiger partial charge is 0.221 e. The molecule has 0 rings (SSSR count). The molecule has 0 saturated heterocycles. The lowest BCUT2D eigenvalue weighted by molar-refractivity contribution is -0.121. The van der Waals surface area contributed by atoms with Gasteiger partial charge in [0.05, 0.1) is 13.2 Å². The number of hydrogen-bond acceptors (Lipinski definition) is 4. The predicted molar refractivity (Wildman–Crippen MR) is 69.9 cm³/mol. The zero-order valence-corrected chi connectivity index (χ0v) is 11.4. The maximum absolute atomic E-state index is 11.4. The zero-order valence-electron chi connectivity index (χ0n) is 11.4. The Morgan fingerprint density at radius 1 is 1.41 bits per heavy atom. The quantitative estimate of drug-likeness (QED) is 0.540. The molecule has 0 bridgehead atoms. The van der Waals surface area contributed by atoms with E-state index in [2.05, 4.69) is 17.1 Å². The summed E-state index contributed by atoms with van der Waals surface area (Å²) in [5.41, 5.74) is 5.77. The third-order valence-electron chi connectivity index (χ3n) is 2.36. The average molecular weight is 245 g/mol. The van der Waals surface area contributed by atoms with Gasteiger partial charge >= 0.3 is 0 Å². The summed E-state index contributed by atoms with van der Waals surface area (Å²) in [6, 6.07) is -0.0188. The lowest BCUT2D eigenvalue weighted by atomic mass is 10.1. The highest BCUT2D eigenvalue weighted by atomic mass is 16.5. The summed E-state index contributed by atoms with van der Waals surface area (Å²) >= 11 is 0. The summed E-state index contributed by atoms with van der Waals surface area (Å²) in [4.78, 5) is 13.5. The molecule has 17 heavy (non-hydrogen) atoms. The SMILES string of the molecule is CCCC(N)CC(=O)NCCOCCN(C)C. The minimum atomic E-state index is -0.0188. The normalized spacial score (nSPS) is 12.8. The molecular formula is C12H27N3O2. The number of nitrogens with two attached hydrogens (primary N) is 1. The highest BCUT2D eigenvalue weighted by Gasteiger charge is 2.07. The van der Waals surface area contributed by atoms with Crippen LogP contribution in [0.2, 0.25) is 0 Å². The van der Waals surface area contributed by atoms with Gasteiger partial charge in [-0.05, 0) is 20.5 Å². The second-order valence-electron chi connectivity index (χ2n) is 4.52. The Morgan fingerprint density at radius 3 is 2.71 bits per heavy atom. The third kappa shape index (κ3) is 11.6. The number of rotatable bonds is 10. The molecule has 0 aromatic heterocycles. The maximum Gasteiger partial charge on any atom is 0.221 e. The van der Waals surface area contributed by atoms with Gasteiger partial charge in [-0.2, -0.15) is 0 Å². The Labute approximate surface area is 105 Å². The molecule has 0 saturated carbocycles. The van der Waals surface area contributed by atoms with Gasteiger partial charge in [0, 0.05) is 25.6 Å². The Bertz CT molecular complexity index is 198. The van der Waals surface area contributed by atoms with Crippen LogP contribution in [0.4, 0.5) is 0 Å². The fourth-order valence-electron chi connectivity index (χ4n) is 1.39. The molecule has 102 valence electrons. The van der Waals surface area contributed by atoms with E-state index in [0.29, 0.717) is 26.2 Å². The van der Waals surface area contributed by atoms with Crippen molar-refractivity contribution in [1.29, 1.82) is 0 Å². The molecule has 0 spiro atoms. The van der Waals surface area contributed by atoms with Crippen LogP contribution < -0.4 is 11.1 Å². The molecule has 0 radical (unpaired) electrons. The van der Waals surface area contributed by atoms with Gasteiger partial charge in [0.2, 0.25) is 5.91 Å². The number of likely N-dealkylation sites (N-methyl/N-ethyl adjacent to an activating group) is 1. The predicted octanol–water partition coefficient (Wildman–Crippen LogP) is 0.198. The van der Waals surface area contributed by atoms with Gasteiger partial charge in [-0.15, -0.1) is 0 Å². The van der Waals surface area contributed by atoms with E-state index in [1.807, 2.05) is 14.1 Å². The molecule has 1 atom stereocenters. The number of nitrogens with one attached hydrogen (secondary N) is 1. The number of carbonyl (C=O) groups excluding carboxylic acids is 1. The number of hydrogen-bond donors (Lipinski definition) is 2. The number of carbonyl (C=O) groups is 1. The first-order valence-electron chi connectivity index (χ1n) is 6.31. The second kappa shape index (κ2) is 10.5. The number of nitrogens with zero attached hydrogens (tertiary/aromatic N) is 1. The van der Waals surface area contributed by atoms with Gasteiger partial charge in [0.1, 0.15) is 0 Å². The standard InChI is InChI=1S/C12H27N3O2/c1-4-5-11(13)10-12(16)14-6-8-17-9-7-15(2)3/h11H,4-10,13H2,1-3H3,(H,14,16). The van der Waals surface area contributed by atoms with Crippen molar-refractivity contribution >= 4 is 5.91 Å². The van der Waals surface area contributed by atoms with Gasteiger partial charge in [-0.25, -0.2) is 0 Å². The van der Waals surface area contributed by atoms with E-state index >= 15 is 0 Å². The first-order valence-corrected chi connectivity index (χ1v) is 6.31. The van der Waals surface area contributed by atoms with E-state index in [1.165, 1.54) is 0 Å². The van der Waals surface area contributed by atoms with Crippen molar-refractivity contribution in [1.82, 2.24) is 10.2 Å². The molecule has 0 aliphatic heterocycles. The van der Waals surface area contributed by atoms with E-state index in [9.17, 15) is 4.79 Å². The Kier molecular flexibility index (Phi) is 10.1. The molecule has 5 nitrogen and oxygen atoms in total. The third-order valence-corrected chi connectivity index (χ3v) is 2.36. The molecule has 0 aliphatic carbocycles. The van der Waals surface area contributed by atoms with Crippen molar-refractivity contribution in [2.24, 2.45) is 5.73 Å². The van der Waals surface area contributed by atoms with Gasteiger partial charge in [0.15, 0.2) is 0 Å². The summed E-state index contributed by atoms with van der Waals surface area (Å²) < 4.78 is 5.36. The van der Waals surface area contributed by atoms with Gasteiger partial charge in [0.25, 0.3) is 0 Å². The van der Waals surface area contributed by atoms with Crippen molar-refractivity contribution in [2.75, 3.05) is 40.4 Å². The van der Waals surface area contributed by atoms with Crippen LogP contribution in [0.15, 0.2) is 0 Å². The van der Waals surface area contributed by atoms with Crippen molar-refractivity contribution in [2.45, 2.75) is 32.2 Å². The van der Waals surface area contributed by atoms with Crippen LogP contribution in [0, 0.1) is 0 Å². The van der Waals surface area contributed by atoms with Crippen LogP contribution in [0.1, 0.15) is 26.2 Å². The fourth-order valence-corrected chi connectivity index (χ4v) is 1.39. The van der Waals surface area contributed by atoms with Crippen LogP contribution in [0.25, 0.3) is 0 Å². The highest BCUT2D eigenvalue weighted by molar-refractivity contribution is 5.76. The summed E-state index contributed by atoms with van der Waals surface area (Å²) in [6.07, 6.45) is 2.32. The van der Waals surface area contributed by atoms with E-state index in [4.69, 9.17) is 10.5 Å². The fraction of sp³-hybridized carbons (Fsp3) is 0.917. The molecule has 0 aromatic rings. The average Bonchev–Trinajstić information content (AvgIpc) is 2.23. The molecular weight excluding hydrogens is 218 g/mol. The molecule has 3 N–H and O–H groups in total. The Hall–Kier alpha value is -0.650. The van der Waals surface area contributed by atoms with Crippen molar-refractivity contribution in [3.63, 3.8) is 0 Å². The van der Waals surface area contributed by atoms with Crippen molar-refractivity contribution < 1.29 is 9.53 Å². The molecule has 0 heterocycles. The van der Waals surface area contributed by atoms with E-state index in [1.54, 1.807) is 0 Å². The molecule has 0 aliphatic rings. The summed E-state index contributed by atoms with van der Waals surface area (Å²) in [7, 11) is 4.00. The summed E-state index contributed by atoms with van der Waals surface area (Å²) in [6.45, 7) is 4.78. The topological polar surface area (TPSA) is 67.6 Å². The van der Waals surface area contributed by atoms with Crippen LogP contribution in [-0.2, 0) is 9.53 Å². The zero-order chi connectivity index (χ0) is 13.1. The van der Waals surface area contributed by atoms with Gasteiger partial charge < -0.3 is 20.7 Å². The molecule has 0 fully saturated rings. The van der Waals surface area contributed by atoms with E-state index in [-0.39, 0.29) is 11.9 Å². The van der Waals surface area contributed by atoms with Crippen LogP contribution in [0.5, 0.6) is 0 Å². The first-order chi connectivity index (χ1) is 8.06. The van der Waals surface area contributed by atoms with Crippen LogP contribution in [-0.4, -0.2) is 57.2 Å². The van der Waals surface area contributed by atoms with Gasteiger partial charge in [-0.1, -0.05) is 13.3 Å². The maximum atomic E-state index is 11.4. The van der Waals surface area contributed by atoms with E-state index < -0.39 is 0 Å². The molecule has 0 aromatic carbocycles. The Morgan fingerprint density at radius 2 is 2.12 bits per heavy atom. The largest absolute Gasteiger partial charge is 0.378 e. The van der Waals surface area contributed by atoms with Crippen LogP contribution >= 0.6 is 0 Å². The van der Waals surface area contributed by atoms with E-state index in [0.717, 1.165) is 19.4 Å². The molecule has 1 amide bonds. The van der Waals surface area contributed by atoms with Crippen LogP contribution in [0.3, 0.4) is 0 Å². The molecule has 1 unspecified atom stereocenters. The highest BCUT2D eigenvalue weighted by Crippen LogP contribution is 1.97. The monoisotopic (exact) mass is 245 g/mol. The number of ether oxygens (including phenoxy) is 1. The summed E-state index contributed by atoms with van der Waals surface area (Å²) in [5, 5.41) is 2.80. The van der Waals surface area contributed by atoms with Crippen molar-refractivity contribution in [3.8, 4) is 0 Å². The lowest BCUT2D eigenvalue weighted by Crippen LogP contribution is -2.33. The first kappa shape index (κ1) is 16.4. The van der Waals surface area contributed by atoms with Crippen molar-refractivity contribution in [3.05, 3.63) is 0 Å². The lowest BCUT2D eigenvalue weighted by Gasteiger charge is -2.12. The second-order valence-corrected chi connectivity index (χ2v) is 4.52.